The molecular weight excluding hydrogens is 306 g/mol. The summed E-state index contributed by atoms with van der Waals surface area (Å²) in [5.74, 6) is 0.390. The quantitative estimate of drug-likeness (QED) is 0.754. The summed E-state index contributed by atoms with van der Waals surface area (Å²) in [4.78, 5) is 37.5. The number of nitrogens with one attached hydrogen (secondary N) is 2. The monoisotopic (exact) mass is 337 g/mol. The van der Waals surface area contributed by atoms with Crippen molar-refractivity contribution < 1.29 is 14.4 Å². The maximum atomic E-state index is 12.4. The first-order chi connectivity index (χ1) is 11.4. The van der Waals surface area contributed by atoms with E-state index in [4.69, 9.17) is 0 Å². The molecule has 0 aromatic heterocycles. The van der Waals surface area contributed by atoms with E-state index in [1.54, 1.807) is 4.90 Å². The Labute approximate surface area is 144 Å². The minimum atomic E-state index is -0.363. The van der Waals surface area contributed by atoms with Gasteiger partial charge in [0.25, 0.3) is 0 Å². The number of likely N-dealkylation sites (tertiary alicyclic amines) is 1. The van der Waals surface area contributed by atoms with Crippen LogP contribution in [0.1, 0.15) is 59.3 Å². The molecule has 1 heterocycles. The van der Waals surface area contributed by atoms with Gasteiger partial charge < -0.3 is 20.3 Å². The number of aldehydes is 1. The normalized spacial score (nSPS) is 26.2. The lowest BCUT2D eigenvalue weighted by molar-refractivity contribution is -0.134. The average Bonchev–Trinajstić information content (AvgIpc) is 2.97. The minimum Gasteiger partial charge on any atom is -0.333 e. The van der Waals surface area contributed by atoms with Gasteiger partial charge in [-0.15, -0.1) is 0 Å². The van der Waals surface area contributed by atoms with Gasteiger partial charge in [0.05, 0.1) is 12.6 Å². The molecule has 2 unspecified atom stereocenters. The van der Waals surface area contributed by atoms with Crippen LogP contribution in [0.15, 0.2) is 0 Å². The molecular formula is C18H31N3O3. The number of hydrogen-bond acceptors (Lipinski definition) is 3. The Bertz CT molecular complexity index is 472. The largest absolute Gasteiger partial charge is 0.333 e. The molecule has 1 saturated carbocycles. The summed E-state index contributed by atoms with van der Waals surface area (Å²) in [6.45, 7) is 6.74. The highest BCUT2D eigenvalue weighted by atomic mass is 16.2. The maximum absolute atomic E-state index is 12.4. The van der Waals surface area contributed by atoms with Gasteiger partial charge in [0.1, 0.15) is 6.29 Å². The molecule has 136 valence electrons. The lowest BCUT2D eigenvalue weighted by Gasteiger charge is -2.34. The molecule has 1 aliphatic heterocycles. The van der Waals surface area contributed by atoms with Crippen molar-refractivity contribution in [3.63, 3.8) is 0 Å². The molecule has 0 aromatic rings. The smallest absolute Gasteiger partial charge is 0.315 e. The van der Waals surface area contributed by atoms with E-state index >= 15 is 0 Å². The summed E-state index contributed by atoms with van der Waals surface area (Å²) in [5.41, 5.74) is -0.174. The van der Waals surface area contributed by atoms with Gasteiger partial charge in [0.2, 0.25) is 5.91 Å². The third-order valence-electron chi connectivity index (χ3n) is 5.59. The number of hydrogen-bond donors (Lipinski definition) is 2. The summed E-state index contributed by atoms with van der Waals surface area (Å²) in [5, 5.41) is 5.67. The van der Waals surface area contributed by atoms with Crippen LogP contribution < -0.4 is 10.6 Å². The van der Waals surface area contributed by atoms with Crippen molar-refractivity contribution in [3.05, 3.63) is 0 Å². The molecule has 1 aliphatic carbocycles. The minimum absolute atomic E-state index is 0.0585. The Hall–Kier alpha value is -1.59. The van der Waals surface area contributed by atoms with Crippen molar-refractivity contribution in [1.29, 1.82) is 0 Å². The first-order valence-electron chi connectivity index (χ1n) is 9.17. The molecule has 3 amide bonds. The van der Waals surface area contributed by atoms with E-state index in [1.807, 2.05) is 0 Å². The van der Waals surface area contributed by atoms with Crippen molar-refractivity contribution in [3.8, 4) is 0 Å². The number of urea groups is 1. The average molecular weight is 337 g/mol. The van der Waals surface area contributed by atoms with Crippen molar-refractivity contribution >= 4 is 18.2 Å². The number of carbonyl (C=O) groups is 3. The molecule has 2 aliphatic rings. The Morgan fingerprint density at radius 3 is 2.50 bits per heavy atom. The molecule has 6 heteroatoms. The lowest BCUT2D eigenvalue weighted by atomic mass is 9.83. The highest BCUT2D eigenvalue weighted by Crippen LogP contribution is 2.29. The molecule has 0 aromatic carbocycles. The predicted molar refractivity (Wildman–Crippen MR) is 92.5 cm³/mol. The van der Waals surface area contributed by atoms with Crippen LogP contribution in [0.3, 0.4) is 0 Å². The summed E-state index contributed by atoms with van der Waals surface area (Å²) >= 11 is 0. The molecule has 6 nitrogen and oxygen atoms in total. The molecule has 0 spiro atoms. The Morgan fingerprint density at radius 2 is 1.92 bits per heavy atom. The fraction of sp³-hybridized carbons (Fsp3) is 0.833. The molecule has 0 radical (unpaired) electrons. The van der Waals surface area contributed by atoms with Gasteiger partial charge in [-0.3, -0.25) is 4.79 Å². The van der Waals surface area contributed by atoms with E-state index in [9.17, 15) is 14.4 Å². The van der Waals surface area contributed by atoms with Crippen molar-refractivity contribution in [2.45, 2.75) is 70.9 Å². The van der Waals surface area contributed by atoms with Crippen LogP contribution in [0.5, 0.6) is 0 Å². The molecule has 2 rings (SSSR count). The number of carbonyl (C=O) groups excluding carboxylic acids is 3. The van der Waals surface area contributed by atoms with E-state index in [0.29, 0.717) is 12.5 Å². The zero-order chi connectivity index (χ0) is 17.7. The standard InChI is InChI=1S/C18H31N3O3/c1-13(2)14-7-10-21(15(14)12-22)16(23)11-19-17(24)20-18(3)8-5-4-6-9-18/h12-15H,4-11H2,1-3H3,(H2,19,20,24). The zero-order valence-corrected chi connectivity index (χ0v) is 15.1. The SMILES string of the molecule is CC(C)C1CCN(C(=O)CNC(=O)NC2(C)CCCCC2)C1C=O. The lowest BCUT2D eigenvalue weighted by Crippen LogP contribution is -2.53. The van der Waals surface area contributed by atoms with Crippen LogP contribution in [0.2, 0.25) is 0 Å². The number of rotatable bonds is 5. The fourth-order valence-electron chi connectivity index (χ4n) is 4.06. The zero-order valence-electron chi connectivity index (χ0n) is 15.1. The van der Waals surface area contributed by atoms with Gasteiger partial charge in [0, 0.05) is 12.1 Å². The van der Waals surface area contributed by atoms with Crippen LogP contribution in [0.4, 0.5) is 4.79 Å². The molecule has 0 bridgehead atoms. The van der Waals surface area contributed by atoms with E-state index in [1.165, 1.54) is 6.42 Å². The van der Waals surface area contributed by atoms with Crippen LogP contribution in [0, 0.1) is 11.8 Å². The molecule has 1 saturated heterocycles. The highest BCUT2D eigenvalue weighted by molar-refractivity contribution is 5.86. The van der Waals surface area contributed by atoms with Gasteiger partial charge in [-0.1, -0.05) is 33.1 Å². The van der Waals surface area contributed by atoms with Crippen LogP contribution in [-0.2, 0) is 9.59 Å². The molecule has 24 heavy (non-hydrogen) atoms. The van der Waals surface area contributed by atoms with E-state index in [2.05, 4.69) is 31.4 Å². The summed E-state index contributed by atoms with van der Waals surface area (Å²) in [6.07, 6.45) is 7.14. The second kappa shape index (κ2) is 7.99. The maximum Gasteiger partial charge on any atom is 0.315 e. The second-order valence-electron chi connectivity index (χ2n) is 7.84. The van der Waals surface area contributed by atoms with Gasteiger partial charge in [-0.2, -0.15) is 0 Å². The van der Waals surface area contributed by atoms with E-state index < -0.39 is 0 Å². The van der Waals surface area contributed by atoms with Gasteiger partial charge >= 0.3 is 6.03 Å². The first-order valence-corrected chi connectivity index (χ1v) is 9.17. The third kappa shape index (κ3) is 4.48. The van der Waals surface area contributed by atoms with Gasteiger partial charge in [0.15, 0.2) is 0 Å². The van der Waals surface area contributed by atoms with Crippen LogP contribution in [-0.4, -0.2) is 47.8 Å². The predicted octanol–water partition coefficient (Wildman–Crippen LogP) is 2.08. The molecule has 2 fully saturated rings. The van der Waals surface area contributed by atoms with Crippen molar-refractivity contribution in [2.75, 3.05) is 13.1 Å². The summed E-state index contributed by atoms with van der Waals surface area (Å²) in [6, 6.07) is -0.659. The second-order valence-corrected chi connectivity index (χ2v) is 7.84. The van der Waals surface area contributed by atoms with Gasteiger partial charge in [-0.05, 0) is 38.0 Å². The highest BCUT2D eigenvalue weighted by Gasteiger charge is 2.38. The summed E-state index contributed by atoms with van der Waals surface area (Å²) < 4.78 is 0. The summed E-state index contributed by atoms with van der Waals surface area (Å²) in [7, 11) is 0. The topological polar surface area (TPSA) is 78.5 Å². The van der Waals surface area contributed by atoms with E-state index in [-0.39, 0.29) is 36.0 Å². The molecule has 2 atom stereocenters. The molecule has 2 N–H and O–H groups in total. The van der Waals surface area contributed by atoms with Crippen LogP contribution >= 0.6 is 0 Å². The number of amides is 3. The van der Waals surface area contributed by atoms with Crippen molar-refractivity contribution in [1.82, 2.24) is 15.5 Å². The third-order valence-corrected chi connectivity index (χ3v) is 5.59. The Balaban J connectivity index is 1.82. The number of nitrogens with zero attached hydrogens (tertiary/aromatic N) is 1. The van der Waals surface area contributed by atoms with E-state index in [0.717, 1.165) is 38.4 Å². The first kappa shape index (κ1) is 18.7. The van der Waals surface area contributed by atoms with Gasteiger partial charge in [-0.25, -0.2) is 4.79 Å². The fourth-order valence-corrected chi connectivity index (χ4v) is 4.06. The van der Waals surface area contributed by atoms with Crippen molar-refractivity contribution in [2.24, 2.45) is 11.8 Å². The van der Waals surface area contributed by atoms with Crippen LogP contribution in [0.25, 0.3) is 0 Å². The Kier molecular flexibility index (Phi) is 6.24. The Morgan fingerprint density at radius 1 is 1.25 bits per heavy atom.